The molecule has 0 saturated heterocycles. The largest absolute Gasteiger partial charge is 0.493 e. The second kappa shape index (κ2) is 13.1. The van der Waals surface area contributed by atoms with Crippen molar-refractivity contribution in [2.75, 3.05) is 32.6 Å². The third-order valence-electron chi connectivity index (χ3n) is 5.18. The number of rotatable bonds is 12. The van der Waals surface area contributed by atoms with Gasteiger partial charge in [-0.25, -0.2) is 13.9 Å². The highest BCUT2D eigenvalue weighted by Crippen LogP contribution is 2.23. The van der Waals surface area contributed by atoms with E-state index in [0.29, 0.717) is 24.5 Å². The molecule has 2 unspecified atom stereocenters. The van der Waals surface area contributed by atoms with Crippen LogP contribution in [-0.2, 0) is 17.4 Å². The molecular weight excluding hydrogens is 456 g/mol. The number of aliphatic hydroxyl groups excluding tert-OH is 2. The lowest BCUT2D eigenvalue weighted by molar-refractivity contribution is 0.106. The molecule has 0 amide bonds. The normalized spacial score (nSPS) is 12.9. The van der Waals surface area contributed by atoms with Gasteiger partial charge in [0.2, 0.25) is 5.76 Å². The number of hydrogen-bond donors (Lipinski definition) is 3. The molecular formula is C24H30N4O5S. The summed E-state index contributed by atoms with van der Waals surface area (Å²) in [6, 6.07) is 8.92. The van der Waals surface area contributed by atoms with Gasteiger partial charge in [0, 0.05) is 49.2 Å². The standard InChI is InChI=1S/C24H30N4O5S/c1-3-24-25-12-13-28(24)23(10-11-26-34(2)31)22-14-21(33-27-22)9-6-18-4-7-20(8-5-18)32-17-19(15-29)16-30/h4-5,7-8,12-14,19,23,26,29-30H,3,10-11,15-17H2,1-2H3. The Bertz CT molecular complexity index is 1110. The minimum Gasteiger partial charge on any atom is -0.493 e. The molecule has 0 aliphatic carbocycles. The zero-order chi connectivity index (χ0) is 24.3. The van der Waals surface area contributed by atoms with Crippen LogP contribution in [0.2, 0.25) is 0 Å². The molecule has 34 heavy (non-hydrogen) atoms. The SMILES string of the molecule is CCc1nccn1C(CCNS(C)=O)c1cc(C#Cc2ccc(OCC(CO)CO)cc2)on1. The highest BCUT2D eigenvalue weighted by atomic mass is 32.2. The number of aliphatic hydroxyl groups is 2. The summed E-state index contributed by atoms with van der Waals surface area (Å²) < 4.78 is 27.5. The minimum atomic E-state index is -1.09. The second-order valence-corrected chi connectivity index (χ2v) is 8.89. The van der Waals surface area contributed by atoms with E-state index < -0.39 is 11.0 Å². The van der Waals surface area contributed by atoms with Crippen LogP contribution in [0.15, 0.2) is 47.2 Å². The zero-order valence-electron chi connectivity index (χ0n) is 19.3. The van der Waals surface area contributed by atoms with Crippen molar-refractivity contribution >= 4 is 11.0 Å². The molecule has 3 rings (SSSR count). The smallest absolute Gasteiger partial charge is 0.210 e. The van der Waals surface area contributed by atoms with E-state index in [1.807, 2.05) is 31.3 Å². The Balaban J connectivity index is 1.70. The van der Waals surface area contributed by atoms with E-state index >= 15 is 0 Å². The summed E-state index contributed by atoms with van der Waals surface area (Å²) in [6.07, 6.45) is 6.73. The maximum atomic E-state index is 11.4. The highest BCUT2D eigenvalue weighted by Gasteiger charge is 2.20. The van der Waals surface area contributed by atoms with Gasteiger partial charge >= 0.3 is 0 Å². The average molecular weight is 487 g/mol. The van der Waals surface area contributed by atoms with E-state index in [2.05, 4.69) is 31.3 Å². The van der Waals surface area contributed by atoms with Crippen LogP contribution in [0.3, 0.4) is 0 Å². The summed E-state index contributed by atoms with van der Waals surface area (Å²) >= 11 is 0. The van der Waals surface area contributed by atoms with Crippen molar-refractivity contribution in [3.05, 3.63) is 65.6 Å². The highest BCUT2D eigenvalue weighted by molar-refractivity contribution is 7.82. The molecule has 0 bridgehead atoms. The lowest BCUT2D eigenvalue weighted by Gasteiger charge is -2.18. The van der Waals surface area contributed by atoms with E-state index in [1.54, 1.807) is 24.6 Å². The van der Waals surface area contributed by atoms with Gasteiger partial charge in [0.15, 0.2) is 0 Å². The van der Waals surface area contributed by atoms with Crippen LogP contribution in [0, 0.1) is 17.8 Å². The molecule has 2 atom stereocenters. The van der Waals surface area contributed by atoms with E-state index in [4.69, 9.17) is 19.5 Å². The number of aromatic nitrogens is 3. The topological polar surface area (TPSA) is 123 Å². The molecule has 2 heterocycles. The van der Waals surface area contributed by atoms with Gasteiger partial charge in [0.25, 0.3) is 0 Å². The van der Waals surface area contributed by atoms with Gasteiger partial charge in [0.05, 0.1) is 36.8 Å². The van der Waals surface area contributed by atoms with Crippen molar-refractivity contribution < 1.29 is 23.7 Å². The molecule has 0 aliphatic rings. The molecule has 9 nitrogen and oxygen atoms in total. The van der Waals surface area contributed by atoms with Crippen molar-refractivity contribution in [3.8, 4) is 17.6 Å². The zero-order valence-corrected chi connectivity index (χ0v) is 20.1. The summed E-state index contributed by atoms with van der Waals surface area (Å²) in [4.78, 5) is 4.41. The van der Waals surface area contributed by atoms with Gasteiger partial charge in [-0.1, -0.05) is 18.0 Å². The number of ether oxygens (including phenoxy) is 1. The van der Waals surface area contributed by atoms with Gasteiger partial charge in [-0.2, -0.15) is 0 Å². The van der Waals surface area contributed by atoms with Crippen LogP contribution in [0.5, 0.6) is 5.75 Å². The molecule has 0 spiro atoms. The van der Waals surface area contributed by atoms with Gasteiger partial charge in [0.1, 0.15) is 17.3 Å². The van der Waals surface area contributed by atoms with Crippen molar-refractivity contribution in [1.29, 1.82) is 0 Å². The van der Waals surface area contributed by atoms with E-state index in [1.165, 1.54) is 0 Å². The summed E-state index contributed by atoms with van der Waals surface area (Å²) in [6.45, 7) is 2.57. The third-order valence-corrected chi connectivity index (χ3v) is 5.79. The van der Waals surface area contributed by atoms with Crippen LogP contribution in [-0.4, -0.2) is 61.8 Å². The fourth-order valence-electron chi connectivity index (χ4n) is 3.32. The van der Waals surface area contributed by atoms with Crippen LogP contribution in [0.4, 0.5) is 0 Å². The fraction of sp³-hybridized carbons (Fsp3) is 0.417. The Hall–Kier alpha value is -2.97. The number of benzene rings is 1. The lowest BCUT2D eigenvalue weighted by Crippen LogP contribution is -2.22. The first kappa shape index (κ1) is 25.6. The van der Waals surface area contributed by atoms with E-state index in [0.717, 1.165) is 23.5 Å². The Labute approximate surface area is 201 Å². The Morgan fingerprint density at radius 2 is 2.00 bits per heavy atom. The molecule has 1 aromatic carbocycles. The average Bonchev–Trinajstić information content (AvgIpc) is 3.51. The number of aryl methyl sites for hydroxylation is 1. The fourth-order valence-corrected chi connectivity index (χ4v) is 3.73. The van der Waals surface area contributed by atoms with Crippen LogP contribution < -0.4 is 9.46 Å². The summed E-state index contributed by atoms with van der Waals surface area (Å²) in [5.41, 5.74) is 1.51. The summed E-state index contributed by atoms with van der Waals surface area (Å²) in [7, 11) is -1.09. The predicted molar refractivity (Wildman–Crippen MR) is 129 cm³/mol. The number of imidazole rings is 1. The second-order valence-electron chi connectivity index (χ2n) is 7.69. The summed E-state index contributed by atoms with van der Waals surface area (Å²) in [5, 5.41) is 22.5. The predicted octanol–water partition coefficient (Wildman–Crippen LogP) is 1.68. The lowest BCUT2D eigenvalue weighted by atomic mass is 10.1. The molecule has 3 N–H and O–H groups in total. The monoisotopic (exact) mass is 486 g/mol. The first-order valence-corrected chi connectivity index (χ1v) is 12.6. The maximum absolute atomic E-state index is 11.4. The van der Waals surface area contributed by atoms with Crippen molar-refractivity contribution in [2.45, 2.75) is 25.8 Å². The third kappa shape index (κ3) is 7.27. The van der Waals surface area contributed by atoms with Gasteiger partial charge in [-0.3, -0.25) is 0 Å². The van der Waals surface area contributed by atoms with E-state index in [-0.39, 0.29) is 31.8 Å². The molecule has 0 aliphatic heterocycles. The number of hydrogen-bond acceptors (Lipinski definition) is 7. The molecule has 10 heteroatoms. The first-order chi connectivity index (χ1) is 16.5. The van der Waals surface area contributed by atoms with Crippen LogP contribution >= 0.6 is 0 Å². The van der Waals surface area contributed by atoms with Crippen molar-refractivity contribution in [3.63, 3.8) is 0 Å². The van der Waals surface area contributed by atoms with Gasteiger partial charge in [-0.15, -0.1) is 0 Å². The Kier molecular flexibility index (Phi) is 9.85. The molecule has 0 radical (unpaired) electrons. The Morgan fingerprint density at radius 3 is 2.68 bits per heavy atom. The van der Waals surface area contributed by atoms with Gasteiger partial charge in [-0.05, 0) is 36.6 Å². The van der Waals surface area contributed by atoms with Crippen LogP contribution in [0.25, 0.3) is 0 Å². The van der Waals surface area contributed by atoms with Crippen LogP contribution in [0.1, 0.15) is 42.2 Å². The molecule has 0 fully saturated rings. The first-order valence-electron chi connectivity index (χ1n) is 11.1. The molecule has 3 aromatic rings. The molecule has 2 aromatic heterocycles. The number of nitrogens with zero attached hydrogens (tertiary/aromatic N) is 3. The maximum Gasteiger partial charge on any atom is 0.210 e. The molecule has 0 saturated carbocycles. The number of nitrogens with one attached hydrogen (secondary N) is 1. The minimum absolute atomic E-state index is 0.120. The van der Waals surface area contributed by atoms with Crippen molar-refractivity contribution in [2.24, 2.45) is 5.92 Å². The summed E-state index contributed by atoms with van der Waals surface area (Å²) in [5.74, 6) is 7.76. The van der Waals surface area contributed by atoms with Crippen molar-refractivity contribution in [1.82, 2.24) is 19.4 Å². The Morgan fingerprint density at radius 1 is 1.24 bits per heavy atom. The van der Waals surface area contributed by atoms with E-state index in [9.17, 15) is 4.21 Å². The quantitative estimate of drug-likeness (QED) is 0.333. The molecule has 182 valence electrons. The van der Waals surface area contributed by atoms with Gasteiger partial charge < -0.3 is 24.0 Å².